The highest BCUT2D eigenvalue weighted by molar-refractivity contribution is 5.56. The maximum atomic E-state index is 10.6. The Labute approximate surface area is 192 Å². The van der Waals surface area contributed by atoms with Crippen molar-refractivity contribution in [3.8, 4) is 0 Å². The van der Waals surface area contributed by atoms with Gasteiger partial charge in [0, 0.05) is 0 Å². The van der Waals surface area contributed by atoms with Crippen LogP contribution in [0.4, 0.5) is 0 Å². The molecule has 2 heterocycles. The molecule has 0 aromatic carbocycles. The van der Waals surface area contributed by atoms with Crippen LogP contribution in [0, 0.1) is 0 Å². The SMILES string of the molecule is O=C[C@H](O)[C@@H](O)[C@@H](O)[C@@H](CO)O[C@@H]1O[C@@H]([C@H](O)CO[C@@H]2O[C@@H]([C@H](O)CO)[C@H](O)[C@H]2O)[C@H](O)[C@H]1O. The van der Waals surface area contributed by atoms with Gasteiger partial charge >= 0.3 is 0 Å². The maximum Gasteiger partial charge on any atom is 0.187 e. The highest BCUT2D eigenvalue weighted by Crippen LogP contribution is 2.28. The van der Waals surface area contributed by atoms with Gasteiger partial charge in [0.05, 0.1) is 19.8 Å². The average molecular weight is 504 g/mol. The lowest BCUT2D eigenvalue weighted by Gasteiger charge is -2.29. The predicted molar refractivity (Wildman–Crippen MR) is 102 cm³/mol. The van der Waals surface area contributed by atoms with Crippen LogP contribution in [0.3, 0.4) is 0 Å². The zero-order valence-corrected chi connectivity index (χ0v) is 17.7. The van der Waals surface area contributed by atoms with Crippen LogP contribution in [0.5, 0.6) is 0 Å². The molecule has 34 heavy (non-hydrogen) atoms. The van der Waals surface area contributed by atoms with Crippen LogP contribution in [0.15, 0.2) is 0 Å². The van der Waals surface area contributed by atoms with E-state index in [9.17, 15) is 55.9 Å². The Kier molecular flexibility index (Phi) is 11.1. The van der Waals surface area contributed by atoms with Gasteiger partial charge in [-0.05, 0) is 0 Å². The van der Waals surface area contributed by atoms with Gasteiger partial charge in [-0.1, -0.05) is 0 Å². The van der Waals surface area contributed by atoms with Gasteiger partial charge in [-0.25, -0.2) is 0 Å². The molecule has 0 aromatic heterocycles. The van der Waals surface area contributed by atoms with Gasteiger partial charge in [0.2, 0.25) is 0 Å². The number of aldehydes is 1. The Balaban J connectivity index is 1.94. The molecule has 0 radical (unpaired) electrons. The maximum absolute atomic E-state index is 10.6. The summed E-state index contributed by atoms with van der Waals surface area (Å²) < 4.78 is 20.6. The first-order valence-electron chi connectivity index (χ1n) is 10.4. The zero-order valence-electron chi connectivity index (χ0n) is 17.7. The lowest BCUT2D eigenvalue weighted by molar-refractivity contribution is -0.240. The summed E-state index contributed by atoms with van der Waals surface area (Å²) in [5, 5.41) is 107. The van der Waals surface area contributed by atoms with Crippen LogP contribution in [0.25, 0.3) is 0 Å². The van der Waals surface area contributed by atoms with E-state index in [1.807, 2.05) is 0 Å². The summed E-state index contributed by atoms with van der Waals surface area (Å²) in [5.74, 6) is 0. The molecular formula is C18H32O16. The monoisotopic (exact) mass is 504 g/mol. The summed E-state index contributed by atoms with van der Waals surface area (Å²) in [6.45, 7) is -2.39. The van der Waals surface area contributed by atoms with Crippen molar-refractivity contribution in [3.63, 3.8) is 0 Å². The van der Waals surface area contributed by atoms with E-state index in [4.69, 9.17) is 24.1 Å². The van der Waals surface area contributed by atoms with E-state index in [1.54, 1.807) is 0 Å². The molecule has 14 atom stereocenters. The van der Waals surface area contributed by atoms with E-state index in [0.29, 0.717) is 0 Å². The van der Waals surface area contributed by atoms with Crippen LogP contribution in [-0.2, 0) is 23.7 Å². The fourth-order valence-electron chi connectivity index (χ4n) is 3.53. The van der Waals surface area contributed by atoms with Crippen LogP contribution in [0.1, 0.15) is 0 Å². The molecule has 16 nitrogen and oxygen atoms in total. The van der Waals surface area contributed by atoms with E-state index in [0.717, 1.165) is 0 Å². The standard InChI is InChI=1S/C18H32O16/c19-1-5(22)9(25)10(26)8(3-21)32-18-14(30)12(28)16(34-18)7(24)4-31-17-13(29)11(27)15(33-17)6(23)2-20/h1,5-18,20-30H,2-4H2/t5-,6+,7+,8+,9+,10-,11+,12+,13+,14+,15-,16-,17+,18+/m0/s1. The van der Waals surface area contributed by atoms with Crippen molar-refractivity contribution in [2.75, 3.05) is 19.8 Å². The van der Waals surface area contributed by atoms with Crippen LogP contribution >= 0.6 is 0 Å². The van der Waals surface area contributed by atoms with Crippen molar-refractivity contribution in [2.24, 2.45) is 0 Å². The van der Waals surface area contributed by atoms with E-state index in [-0.39, 0.29) is 6.29 Å². The molecule has 0 aromatic rings. The smallest absolute Gasteiger partial charge is 0.187 e. The Morgan fingerprint density at radius 1 is 0.735 bits per heavy atom. The van der Waals surface area contributed by atoms with Gasteiger partial charge in [-0.15, -0.1) is 0 Å². The Hall–Kier alpha value is -0.930. The number of aliphatic hydroxyl groups is 11. The number of hydrogen-bond donors (Lipinski definition) is 11. The molecule has 0 saturated carbocycles. The summed E-state index contributed by atoms with van der Waals surface area (Å²) in [6, 6.07) is 0. The van der Waals surface area contributed by atoms with Crippen LogP contribution in [-0.4, -0.2) is 168 Å². The topological polar surface area (TPSA) is 277 Å². The minimum atomic E-state index is -2.05. The molecule has 2 aliphatic rings. The van der Waals surface area contributed by atoms with Crippen LogP contribution < -0.4 is 0 Å². The van der Waals surface area contributed by atoms with Crippen molar-refractivity contribution < 1.29 is 79.9 Å². The quantitative estimate of drug-likeness (QED) is 0.104. The Morgan fingerprint density at radius 3 is 1.79 bits per heavy atom. The zero-order chi connectivity index (χ0) is 25.7. The third-order valence-electron chi connectivity index (χ3n) is 5.60. The fraction of sp³-hybridized carbons (Fsp3) is 0.944. The van der Waals surface area contributed by atoms with Crippen molar-refractivity contribution in [3.05, 3.63) is 0 Å². The third kappa shape index (κ3) is 6.44. The number of aliphatic hydroxyl groups excluding tert-OH is 11. The first-order valence-corrected chi connectivity index (χ1v) is 10.4. The van der Waals surface area contributed by atoms with Crippen molar-refractivity contribution >= 4 is 6.29 Å². The second kappa shape index (κ2) is 12.9. The minimum Gasteiger partial charge on any atom is -0.394 e. The molecule has 11 N–H and O–H groups in total. The largest absolute Gasteiger partial charge is 0.394 e. The summed E-state index contributed by atoms with van der Waals surface area (Å²) in [6.07, 6.45) is -24.0. The van der Waals surface area contributed by atoms with E-state index in [1.165, 1.54) is 0 Å². The van der Waals surface area contributed by atoms with Crippen molar-refractivity contribution in [1.82, 2.24) is 0 Å². The van der Waals surface area contributed by atoms with Gasteiger partial charge < -0.3 is 79.9 Å². The molecule has 16 heteroatoms. The van der Waals surface area contributed by atoms with Gasteiger partial charge in [0.15, 0.2) is 18.9 Å². The molecule has 2 rings (SSSR count). The van der Waals surface area contributed by atoms with E-state index < -0.39 is 106 Å². The molecule has 2 fully saturated rings. The molecule has 0 aliphatic carbocycles. The molecule has 2 saturated heterocycles. The number of rotatable bonds is 13. The minimum absolute atomic E-state index is 0.0594. The van der Waals surface area contributed by atoms with E-state index >= 15 is 0 Å². The van der Waals surface area contributed by atoms with Gasteiger partial charge in [-0.3, -0.25) is 0 Å². The highest BCUT2D eigenvalue weighted by Gasteiger charge is 2.50. The predicted octanol–water partition coefficient (Wildman–Crippen LogP) is -7.73. The first kappa shape index (κ1) is 29.3. The van der Waals surface area contributed by atoms with Gasteiger partial charge in [0.1, 0.15) is 73.2 Å². The average Bonchev–Trinajstić information content (AvgIpc) is 3.28. The normalized spacial score (nSPS) is 39.4. The lowest BCUT2D eigenvalue weighted by Crippen LogP contribution is -2.49. The number of hydrogen-bond acceptors (Lipinski definition) is 16. The lowest BCUT2D eigenvalue weighted by atomic mass is 10.0. The summed E-state index contributed by atoms with van der Waals surface area (Å²) in [7, 11) is 0. The van der Waals surface area contributed by atoms with Crippen molar-refractivity contribution in [2.45, 2.75) is 85.8 Å². The van der Waals surface area contributed by atoms with E-state index in [2.05, 4.69) is 0 Å². The molecule has 0 unspecified atom stereocenters. The summed E-state index contributed by atoms with van der Waals surface area (Å²) in [5.41, 5.74) is 0. The Bertz CT molecular complexity index is 625. The molecule has 2 aliphatic heterocycles. The van der Waals surface area contributed by atoms with Crippen molar-refractivity contribution in [1.29, 1.82) is 0 Å². The van der Waals surface area contributed by atoms with Gasteiger partial charge in [0.25, 0.3) is 0 Å². The first-order chi connectivity index (χ1) is 16.0. The van der Waals surface area contributed by atoms with Gasteiger partial charge in [-0.2, -0.15) is 0 Å². The molecular weight excluding hydrogens is 472 g/mol. The Morgan fingerprint density at radius 2 is 1.26 bits per heavy atom. The number of carbonyl (C=O) groups excluding carboxylic acids is 1. The highest BCUT2D eigenvalue weighted by atomic mass is 16.7. The second-order valence-electron chi connectivity index (χ2n) is 8.02. The number of ether oxygens (including phenoxy) is 4. The molecule has 0 bridgehead atoms. The second-order valence-corrected chi connectivity index (χ2v) is 8.02. The molecule has 0 amide bonds. The molecule has 200 valence electrons. The summed E-state index contributed by atoms with van der Waals surface area (Å²) >= 11 is 0. The summed E-state index contributed by atoms with van der Waals surface area (Å²) in [4.78, 5) is 10.6. The third-order valence-corrected chi connectivity index (χ3v) is 5.60. The van der Waals surface area contributed by atoms with Crippen LogP contribution in [0.2, 0.25) is 0 Å². The number of carbonyl (C=O) groups is 1. The molecule has 0 spiro atoms. The fourth-order valence-corrected chi connectivity index (χ4v) is 3.53.